The lowest BCUT2D eigenvalue weighted by Crippen LogP contribution is -2.55. The Hall–Kier alpha value is -3.48. The van der Waals surface area contributed by atoms with Gasteiger partial charge in [0.1, 0.15) is 0 Å². The third kappa shape index (κ3) is 4.18. The van der Waals surface area contributed by atoms with Gasteiger partial charge in [0.2, 0.25) is 5.95 Å². The van der Waals surface area contributed by atoms with Crippen LogP contribution in [0.15, 0.2) is 11.1 Å². The molecule has 156 valence electrons. The van der Waals surface area contributed by atoms with Crippen LogP contribution in [-0.4, -0.2) is 62.3 Å². The number of nitrogens with zero attached hydrogens (tertiary/aromatic N) is 3. The van der Waals surface area contributed by atoms with Crippen molar-refractivity contribution in [3.8, 4) is 0 Å². The van der Waals surface area contributed by atoms with Crippen molar-refractivity contribution in [2.75, 3.05) is 12.3 Å². The highest BCUT2D eigenvalue weighted by atomic mass is 16.6. The standard InChI is InChI=1S/C16H19N5O8/c1-6(22)27-9-4-26-15(12(29-8(3)24)11(9)28-7(2)23)21-5-18-10-13(21)19-16(17)20-14(10)25/h5,9,11-12,15H,4H2,1-3H3,(H3,17,19,20,25)/t9-,11+,12+,15-/m0/s1. The van der Waals surface area contributed by atoms with Gasteiger partial charge in [0, 0.05) is 20.8 Å². The first-order chi connectivity index (χ1) is 13.7. The second kappa shape index (κ2) is 7.87. The first-order valence-corrected chi connectivity index (χ1v) is 8.53. The summed E-state index contributed by atoms with van der Waals surface area (Å²) >= 11 is 0. The first-order valence-electron chi connectivity index (χ1n) is 8.53. The number of fused-ring (bicyclic) bond motifs is 1. The topological polar surface area (TPSA) is 178 Å². The van der Waals surface area contributed by atoms with Gasteiger partial charge in [-0.15, -0.1) is 0 Å². The highest BCUT2D eigenvalue weighted by molar-refractivity contribution is 5.71. The number of aromatic amines is 1. The zero-order chi connectivity index (χ0) is 21.3. The molecule has 0 aliphatic carbocycles. The van der Waals surface area contributed by atoms with Crippen molar-refractivity contribution in [3.63, 3.8) is 0 Å². The van der Waals surface area contributed by atoms with Crippen molar-refractivity contribution in [3.05, 3.63) is 16.7 Å². The summed E-state index contributed by atoms with van der Waals surface area (Å²) in [5.41, 5.74) is 5.09. The van der Waals surface area contributed by atoms with E-state index in [0.29, 0.717) is 0 Å². The molecule has 0 unspecified atom stereocenters. The fourth-order valence-electron chi connectivity index (χ4n) is 3.09. The summed E-state index contributed by atoms with van der Waals surface area (Å²) in [4.78, 5) is 57.2. The Morgan fingerprint density at radius 3 is 2.38 bits per heavy atom. The van der Waals surface area contributed by atoms with E-state index < -0.39 is 48.0 Å². The fraction of sp³-hybridized carbons (Fsp3) is 0.500. The van der Waals surface area contributed by atoms with Crippen molar-refractivity contribution in [2.24, 2.45) is 0 Å². The van der Waals surface area contributed by atoms with Gasteiger partial charge in [-0.1, -0.05) is 0 Å². The third-order valence-electron chi connectivity index (χ3n) is 4.05. The van der Waals surface area contributed by atoms with Gasteiger partial charge in [-0.2, -0.15) is 4.98 Å². The summed E-state index contributed by atoms with van der Waals surface area (Å²) in [6, 6.07) is 0. The summed E-state index contributed by atoms with van der Waals surface area (Å²) in [6.07, 6.45) is -3.25. The van der Waals surface area contributed by atoms with E-state index in [1.54, 1.807) is 0 Å². The second-order valence-electron chi connectivity index (χ2n) is 6.30. The number of carbonyl (C=O) groups excluding carboxylic acids is 3. The van der Waals surface area contributed by atoms with Crippen LogP contribution in [-0.2, 0) is 33.3 Å². The number of ether oxygens (including phenoxy) is 4. The van der Waals surface area contributed by atoms with E-state index in [-0.39, 0.29) is 23.7 Å². The summed E-state index contributed by atoms with van der Waals surface area (Å²) in [6.45, 7) is 3.32. The van der Waals surface area contributed by atoms with Gasteiger partial charge < -0.3 is 24.7 Å². The minimum Gasteiger partial charge on any atom is -0.456 e. The quantitative estimate of drug-likeness (QED) is 0.468. The maximum absolute atomic E-state index is 12.0. The maximum atomic E-state index is 12.0. The number of aromatic nitrogens is 4. The Morgan fingerprint density at radius 1 is 1.14 bits per heavy atom. The highest BCUT2D eigenvalue weighted by Gasteiger charge is 2.48. The lowest BCUT2D eigenvalue weighted by atomic mass is 10.0. The molecule has 0 spiro atoms. The number of anilines is 1. The Labute approximate surface area is 163 Å². The molecule has 4 atom stereocenters. The van der Waals surface area contributed by atoms with Crippen molar-refractivity contribution in [2.45, 2.75) is 45.3 Å². The van der Waals surface area contributed by atoms with Gasteiger partial charge >= 0.3 is 17.9 Å². The predicted molar refractivity (Wildman–Crippen MR) is 94.2 cm³/mol. The van der Waals surface area contributed by atoms with Crippen molar-refractivity contribution in [1.29, 1.82) is 0 Å². The molecule has 3 rings (SSSR count). The van der Waals surface area contributed by atoms with E-state index in [1.807, 2.05) is 0 Å². The van der Waals surface area contributed by atoms with Crippen LogP contribution in [0.2, 0.25) is 0 Å². The Balaban J connectivity index is 2.07. The zero-order valence-electron chi connectivity index (χ0n) is 15.8. The number of hydrogen-bond acceptors (Lipinski definition) is 11. The van der Waals surface area contributed by atoms with Crippen molar-refractivity contribution in [1.82, 2.24) is 19.5 Å². The molecule has 1 saturated heterocycles. The smallest absolute Gasteiger partial charge is 0.303 e. The molecule has 3 N–H and O–H groups in total. The lowest BCUT2D eigenvalue weighted by molar-refractivity contribution is -0.239. The van der Waals surface area contributed by atoms with Crippen LogP contribution >= 0.6 is 0 Å². The molecule has 1 aliphatic rings. The SMILES string of the molecule is CC(=O)O[C@@H]1[C@H](OC(C)=O)[C@@H](OC(C)=O)CO[C@@H]1n1cnc2c(=O)[nH]c(N)nc21. The molecule has 13 nitrogen and oxygen atoms in total. The average molecular weight is 409 g/mol. The van der Waals surface area contributed by atoms with Crippen molar-refractivity contribution >= 4 is 35.0 Å². The Morgan fingerprint density at radius 2 is 1.76 bits per heavy atom. The number of nitrogens with one attached hydrogen (secondary N) is 1. The van der Waals surface area contributed by atoms with Gasteiger partial charge in [-0.25, -0.2) is 4.98 Å². The maximum Gasteiger partial charge on any atom is 0.303 e. The van der Waals surface area contributed by atoms with Gasteiger partial charge in [0.05, 0.1) is 12.9 Å². The summed E-state index contributed by atoms with van der Waals surface area (Å²) < 4.78 is 22.8. The second-order valence-corrected chi connectivity index (χ2v) is 6.30. The Bertz CT molecular complexity index is 1010. The minimum atomic E-state index is -1.23. The van der Waals surface area contributed by atoms with E-state index in [1.165, 1.54) is 17.8 Å². The number of nitrogen functional groups attached to an aromatic ring is 1. The molecule has 2 aromatic rings. The molecule has 29 heavy (non-hydrogen) atoms. The molecule has 2 aromatic heterocycles. The van der Waals surface area contributed by atoms with Crippen LogP contribution < -0.4 is 11.3 Å². The Kier molecular flexibility index (Phi) is 5.50. The van der Waals surface area contributed by atoms with Gasteiger partial charge in [-0.05, 0) is 0 Å². The minimum absolute atomic E-state index is 0.0180. The molecular weight excluding hydrogens is 390 g/mol. The number of H-pyrrole nitrogens is 1. The molecule has 1 fully saturated rings. The van der Waals surface area contributed by atoms with Crippen LogP contribution in [0.25, 0.3) is 11.2 Å². The van der Waals surface area contributed by atoms with Crippen molar-refractivity contribution < 1.29 is 33.3 Å². The summed E-state index contributed by atoms with van der Waals surface area (Å²) in [5, 5.41) is 0. The number of hydrogen-bond donors (Lipinski definition) is 2. The van der Waals surface area contributed by atoms with Crippen LogP contribution in [0, 0.1) is 0 Å². The molecule has 0 saturated carbocycles. The van der Waals surface area contributed by atoms with E-state index >= 15 is 0 Å². The number of carbonyl (C=O) groups is 3. The number of rotatable bonds is 4. The van der Waals surface area contributed by atoms with Crippen LogP contribution in [0.5, 0.6) is 0 Å². The molecule has 0 amide bonds. The van der Waals surface area contributed by atoms with E-state index in [2.05, 4.69) is 15.0 Å². The first kappa shape index (κ1) is 20.3. The molecule has 0 bridgehead atoms. The lowest BCUT2D eigenvalue weighted by Gasteiger charge is -2.40. The zero-order valence-corrected chi connectivity index (χ0v) is 15.8. The van der Waals surface area contributed by atoms with Crippen LogP contribution in [0.3, 0.4) is 0 Å². The molecule has 13 heteroatoms. The molecule has 0 radical (unpaired) electrons. The fourth-order valence-corrected chi connectivity index (χ4v) is 3.09. The normalized spacial score (nSPS) is 24.1. The summed E-state index contributed by atoms with van der Waals surface area (Å²) in [5.74, 6) is -2.17. The third-order valence-corrected chi connectivity index (χ3v) is 4.05. The largest absolute Gasteiger partial charge is 0.456 e. The predicted octanol–water partition coefficient (Wildman–Crippen LogP) is -0.974. The van der Waals surface area contributed by atoms with E-state index in [9.17, 15) is 19.2 Å². The van der Waals surface area contributed by atoms with Gasteiger partial charge in [-0.3, -0.25) is 28.7 Å². The highest BCUT2D eigenvalue weighted by Crippen LogP contribution is 2.32. The number of nitrogens with two attached hydrogens (primary N) is 1. The number of imidazole rings is 1. The van der Waals surface area contributed by atoms with Gasteiger partial charge in [0.15, 0.2) is 35.7 Å². The summed E-state index contributed by atoms with van der Waals surface area (Å²) in [7, 11) is 0. The molecule has 3 heterocycles. The molecule has 0 aromatic carbocycles. The monoisotopic (exact) mass is 409 g/mol. The van der Waals surface area contributed by atoms with Crippen LogP contribution in [0.1, 0.15) is 27.0 Å². The average Bonchev–Trinajstić information content (AvgIpc) is 3.00. The van der Waals surface area contributed by atoms with Crippen LogP contribution in [0.4, 0.5) is 5.95 Å². The molecule has 1 aliphatic heterocycles. The van der Waals surface area contributed by atoms with Gasteiger partial charge in [0.25, 0.3) is 5.56 Å². The molecular formula is C16H19N5O8. The number of esters is 3. The van der Waals surface area contributed by atoms with E-state index in [0.717, 1.165) is 13.8 Å². The van der Waals surface area contributed by atoms with E-state index in [4.69, 9.17) is 24.7 Å².